The van der Waals surface area contributed by atoms with E-state index in [0.29, 0.717) is 6.10 Å². The average molecular weight is 176 g/mol. The lowest BCUT2D eigenvalue weighted by atomic mass is 9.83. The first-order chi connectivity index (χ1) is 6.09. The molecule has 0 aliphatic carbocycles. The van der Waals surface area contributed by atoms with Gasteiger partial charge < -0.3 is 4.74 Å². The molecule has 1 fully saturated rings. The number of rotatable bonds is 1. The zero-order valence-electron chi connectivity index (χ0n) is 8.50. The van der Waals surface area contributed by atoms with Crippen LogP contribution in [0.4, 0.5) is 0 Å². The minimum absolute atomic E-state index is 0.225. The Kier molecular flexibility index (Phi) is 1.92. The van der Waals surface area contributed by atoms with Gasteiger partial charge in [0.15, 0.2) is 0 Å². The van der Waals surface area contributed by atoms with Crippen LogP contribution < -0.4 is 0 Å². The van der Waals surface area contributed by atoms with E-state index in [0.717, 1.165) is 6.61 Å². The molecule has 13 heavy (non-hydrogen) atoms. The Hall–Kier alpha value is -0.820. The van der Waals surface area contributed by atoms with Gasteiger partial charge in [0.2, 0.25) is 0 Å². The molecule has 1 unspecified atom stereocenters. The normalized spacial score (nSPS) is 21.6. The van der Waals surface area contributed by atoms with Gasteiger partial charge in [-0.1, -0.05) is 45.0 Å². The van der Waals surface area contributed by atoms with Crippen molar-refractivity contribution < 1.29 is 4.74 Å². The first kappa shape index (κ1) is 8.76. The highest BCUT2D eigenvalue weighted by Crippen LogP contribution is 2.37. The zero-order chi connectivity index (χ0) is 9.47. The molecule has 1 nitrogen and oxygen atoms in total. The molecule has 0 N–H and O–H groups in total. The molecule has 0 saturated carbocycles. The summed E-state index contributed by atoms with van der Waals surface area (Å²) in [5.74, 6) is 0. The van der Waals surface area contributed by atoms with Gasteiger partial charge in [-0.25, -0.2) is 0 Å². The summed E-state index contributed by atoms with van der Waals surface area (Å²) in [6.45, 7) is 7.63. The Morgan fingerprint density at radius 3 is 2.38 bits per heavy atom. The molecule has 1 saturated heterocycles. The van der Waals surface area contributed by atoms with Crippen LogP contribution in [-0.4, -0.2) is 6.61 Å². The average Bonchev–Trinajstić information content (AvgIpc) is 2.85. The molecule has 0 bridgehead atoms. The maximum absolute atomic E-state index is 5.33. The molecule has 0 aromatic heterocycles. The van der Waals surface area contributed by atoms with Crippen LogP contribution in [0.3, 0.4) is 0 Å². The number of ether oxygens (including phenoxy) is 1. The van der Waals surface area contributed by atoms with E-state index in [1.54, 1.807) is 0 Å². The van der Waals surface area contributed by atoms with Crippen molar-refractivity contribution in [3.63, 3.8) is 0 Å². The number of hydrogen-bond donors (Lipinski definition) is 0. The first-order valence-corrected chi connectivity index (χ1v) is 4.80. The molecule has 0 amide bonds. The Bertz CT molecular complexity index is 305. The third-order valence-corrected chi connectivity index (χ3v) is 2.45. The molecule has 1 aromatic rings. The van der Waals surface area contributed by atoms with E-state index < -0.39 is 0 Å². The second kappa shape index (κ2) is 2.85. The second-order valence-corrected chi connectivity index (χ2v) is 4.66. The Balaban J connectivity index is 2.43. The van der Waals surface area contributed by atoms with E-state index in [9.17, 15) is 0 Å². The summed E-state index contributed by atoms with van der Waals surface area (Å²) in [5.41, 5.74) is 3.01. The van der Waals surface area contributed by atoms with Crippen molar-refractivity contribution in [3.05, 3.63) is 35.4 Å². The molecule has 1 aromatic carbocycles. The van der Waals surface area contributed by atoms with Crippen LogP contribution in [0.1, 0.15) is 38.0 Å². The van der Waals surface area contributed by atoms with Crippen LogP contribution in [0.25, 0.3) is 0 Å². The van der Waals surface area contributed by atoms with Crippen LogP contribution in [0.5, 0.6) is 0 Å². The molecule has 1 heteroatoms. The fourth-order valence-corrected chi connectivity index (χ4v) is 1.69. The maximum Gasteiger partial charge on any atom is 0.106 e. The highest BCUT2D eigenvalue weighted by Gasteiger charge is 2.30. The van der Waals surface area contributed by atoms with E-state index in [2.05, 4.69) is 45.0 Å². The van der Waals surface area contributed by atoms with Crippen molar-refractivity contribution in [2.24, 2.45) is 0 Å². The van der Waals surface area contributed by atoms with E-state index in [1.807, 2.05) is 0 Å². The van der Waals surface area contributed by atoms with Crippen molar-refractivity contribution in [3.8, 4) is 0 Å². The number of hydrogen-bond acceptors (Lipinski definition) is 1. The van der Waals surface area contributed by atoms with Gasteiger partial charge in [0.25, 0.3) is 0 Å². The lowest BCUT2D eigenvalue weighted by Crippen LogP contribution is -2.13. The molecule has 1 heterocycles. The number of benzene rings is 1. The quantitative estimate of drug-likeness (QED) is 0.599. The maximum atomic E-state index is 5.33. The Morgan fingerprint density at radius 2 is 1.85 bits per heavy atom. The molecule has 1 aliphatic rings. The van der Waals surface area contributed by atoms with Gasteiger partial charge in [-0.3, -0.25) is 0 Å². The van der Waals surface area contributed by atoms with E-state index in [1.165, 1.54) is 11.1 Å². The van der Waals surface area contributed by atoms with E-state index in [4.69, 9.17) is 4.74 Å². The standard InChI is InChI=1S/C12H16O/c1-12(2,3)10-7-5-4-6-9(10)11-8-13-11/h4-7,11H,8H2,1-3H3. The van der Waals surface area contributed by atoms with Gasteiger partial charge in [0, 0.05) is 0 Å². The lowest BCUT2D eigenvalue weighted by Gasteiger charge is -2.22. The largest absolute Gasteiger partial charge is 0.368 e. The van der Waals surface area contributed by atoms with Crippen molar-refractivity contribution in [2.75, 3.05) is 6.61 Å². The van der Waals surface area contributed by atoms with Crippen LogP contribution in [0.2, 0.25) is 0 Å². The predicted octanol–water partition coefficient (Wildman–Crippen LogP) is 3.06. The monoisotopic (exact) mass is 176 g/mol. The van der Waals surface area contributed by atoms with Gasteiger partial charge >= 0.3 is 0 Å². The third kappa shape index (κ3) is 1.75. The first-order valence-electron chi connectivity index (χ1n) is 4.80. The van der Waals surface area contributed by atoms with Gasteiger partial charge in [-0.05, 0) is 16.5 Å². The SMILES string of the molecule is CC(C)(C)c1ccccc1C1CO1. The molecular weight excluding hydrogens is 160 g/mol. The second-order valence-electron chi connectivity index (χ2n) is 4.66. The van der Waals surface area contributed by atoms with Gasteiger partial charge in [0.1, 0.15) is 6.10 Å². The Labute approximate surface area is 79.7 Å². The Morgan fingerprint density at radius 1 is 1.23 bits per heavy atom. The molecule has 1 atom stereocenters. The van der Waals surface area contributed by atoms with Crippen LogP contribution >= 0.6 is 0 Å². The fourth-order valence-electron chi connectivity index (χ4n) is 1.69. The van der Waals surface area contributed by atoms with E-state index in [-0.39, 0.29) is 5.41 Å². The molecular formula is C12H16O. The number of epoxide rings is 1. The highest BCUT2D eigenvalue weighted by atomic mass is 16.6. The highest BCUT2D eigenvalue weighted by molar-refractivity contribution is 5.35. The molecule has 0 spiro atoms. The minimum Gasteiger partial charge on any atom is -0.368 e. The summed E-state index contributed by atoms with van der Waals surface area (Å²) in [5, 5.41) is 0. The van der Waals surface area contributed by atoms with Crippen LogP contribution in [-0.2, 0) is 10.2 Å². The zero-order valence-corrected chi connectivity index (χ0v) is 8.50. The summed E-state index contributed by atoms with van der Waals surface area (Å²) in [6, 6.07) is 8.58. The lowest BCUT2D eigenvalue weighted by molar-refractivity contribution is 0.411. The van der Waals surface area contributed by atoms with Crippen molar-refractivity contribution in [1.29, 1.82) is 0 Å². The van der Waals surface area contributed by atoms with Crippen LogP contribution in [0.15, 0.2) is 24.3 Å². The summed E-state index contributed by atoms with van der Waals surface area (Å²) in [4.78, 5) is 0. The summed E-state index contributed by atoms with van der Waals surface area (Å²) in [6.07, 6.45) is 0.371. The van der Waals surface area contributed by atoms with Crippen molar-refractivity contribution in [1.82, 2.24) is 0 Å². The third-order valence-electron chi connectivity index (χ3n) is 2.45. The fraction of sp³-hybridized carbons (Fsp3) is 0.500. The molecule has 1 aliphatic heterocycles. The topological polar surface area (TPSA) is 12.5 Å². The smallest absolute Gasteiger partial charge is 0.106 e. The van der Waals surface area contributed by atoms with E-state index >= 15 is 0 Å². The predicted molar refractivity (Wildman–Crippen MR) is 53.8 cm³/mol. The van der Waals surface area contributed by atoms with Crippen molar-refractivity contribution in [2.45, 2.75) is 32.3 Å². The van der Waals surface area contributed by atoms with Crippen molar-refractivity contribution >= 4 is 0 Å². The van der Waals surface area contributed by atoms with Gasteiger partial charge in [-0.15, -0.1) is 0 Å². The summed E-state index contributed by atoms with van der Waals surface area (Å²) >= 11 is 0. The molecule has 2 rings (SSSR count). The van der Waals surface area contributed by atoms with Gasteiger partial charge in [0.05, 0.1) is 6.61 Å². The molecule has 70 valence electrons. The van der Waals surface area contributed by atoms with Crippen LogP contribution in [0, 0.1) is 0 Å². The van der Waals surface area contributed by atoms with Gasteiger partial charge in [-0.2, -0.15) is 0 Å². The summed E-state index contributed by atoms with van der Waals surface area (Å²) < 4.78 is 5.33. The minimum atomic E-state index is 0.225. The summed E-state index contributed by atoms with van der Waals surface area (Å²) in [7, 11) is 0. The molecule has 0 radical (unpaired) electrons.